The molecule has 98 valence electrons. The number of anilines is 1. The smallest absolute Gasteiger partial charge is 0.277 e. The van der Waals surface area contributed by atoms with Gasteiger partial charge in [0.15, 0.2) is 5.69 Å². The number of nitrogens with one attached hydrogen (secondary N) is 1. The van der Waals surface area contributed by atoms with Crippen molar-refractivity contribution in [2.75, 3.05) is 11.9 Å². The van der Waals surface area contributed by atoms with Gasteiger partial charge in [-0.25, -0.2) is 0 Å². The Bertz CT molecular complexity index is 566. The van der Waals surface area contributed by atoms with E-state index in [0.717, 1.165) is 0 Å². The fourth-order valence-corrected chi connectivity index (χ4v) is 1.37. The van der Waals surface area contributed by atoms with E-state index >= 15 is 0 Å². The van der Waals surface area contributed by atoms with Crippen molar-refractivity contribution in [3.05, 3.63) is 42.3 Å². The van der Waals surface area contributed by atoms with Crippen LogP contribution in [0.4, 0.5) is 5.69 Å². The summed E-state index contributed by atoms with van der Waals surface area (Å²) in [6.07, 6.45) is 1.33. The molecule has 0 spiro atoms. The summed E-state index contributed by atoms with van der Waals surface area (Å²) in [5, 5.41) is 6.21. The maximum Gasteiger partial charge on any atom is 0.277 e. The van der Waals surface area contributed by atoms with Crippen molar-refractivity contribution < 1.29 is 14.1 Å². The number of ether oxygens (including phenoxy) is 1. The summed E-state index contributed by atoms with van der Waals surface area (Å²) in [6.45, 7) is 0.181. The van der Waals surface area contributed by atoms with Gasteiger partial charge in [-0.1, -0.05) is 17.4 Å². The molecule has 3 N–H and O–H groups in total. The lowest BCUT2D eigenvalue weighted by atomic mass is 10.3. The first-order valence-electron chi connectivity index (χ1n) is 5.38. The lowest BCUT2D eigenvalue weighted by molar-refractivity contribution is 0.101. The highest BCUT2D eigenvalue weighted by Gasteiger charge is 2.08. The van der Waals surface area contributed by atoms with Gasteiger partial charge < -0.3 is 20.3 Å². The molecule has 7 heteroatoms. The Morgan fingerprint density at radius 2 is 2.11 bits per heavy atom. The van der Waals surface area contributed by atoms with Crippen LogP contribution in [0.15, 0.2) is 41.1 Å². The van der Waals surface area contributed by atoms with Crippen molar-refractivity contribution in [1.29, 1.82) is 0 Å². The normalized spacial score (nSPS) is 9.89. The Kier molecular flexibility index (Phi) is 4.09. The molecule has 1 amide bonds. The topological polar surface area (TPSA) is 90.4 Å². The van der Waals surface area contributed by atoms with E-state index in [2.05, 4.69) is 15.0 Å². The summed E-state index contributed by atoms with van der Waals surface area (Å²) in [5.74, 6) is 0.276. The molecule has 1 heterocycles. The zero-order valence-electron chi connectivity index (χ0n) is 9.83. The lowest BCUT2D eigenvalue weighted by Gasteiger charge is -2.06. The summed E-state index contributed by atoms with van der Waals surface area (Å²) in [6, 6.07) is 8.29. The molecular formula is C12H11N3O3S. The van der Waals surface area contributed by atoms with Crippen molar-refractivity contribution in [3.8, 4) is 5.75 Å². The molecule has 0 aliphatic heterocycles. The van der Waals surface area contributed by atoms with Gasteiger partial charge in [0.25, 0.3) is 5.91 Å². The van der Waals surface area contributed by atoms with Gasteiger partial charge in [0, 0.05) is 11.8 Å². The lowest BCUT2D eigenvalue weighted by Crippen LogP contribution is -2.17. The minimum Gasteiger partial charge on any atom is -0.487 e. The van der Waals surface area contributed by atoms with Crippen LogP contribution in [0.5, 0.6) is 5.75 Å². The van der Waals surface area contributed by atoms with Gasteiger partial charge in [0.1, 0.15) is 23.6 Å². The average Bonchev–Trinajstić information content (AvgIpc) is 2.92. The molecular weight excluding hydrogens is 266 g/mol. The monoisotopic (exact) mass is 277 g/mol. The number of benzene rings is 1. The number of hydrogen-bond acceptors (Lipinski definition) is 5. The minimum absolute atomic E-state index is 0.181. The fourth-order valence-electron chi connectivity index (χ4n) is 1.31. The van der Waals surface area contributed by atoms with Crippen molar-refractivity contribution >= 4 is 28.8 Å². The molecule has 0 bridgehead atoms. The molecule has 1 aromatic heterocycles. The predicted octanol–water partition coefficient (Wildman–Crippen LogP) is 1.59. The highest BCUT2D eigenvalue weighted by atomic mass is 32.1. The molecule has 0 aliphatic carbocycles. The summed E-state index contributed by atoms with van der Waals surface area (Å²) >= 11 is 4.70. The minimum atomic E-state index is -0.342. The van der Waals surface area contributed by atoms with E-state index in [0.29, 0.717) is 11.4 Å². The van der Waals surface area contributed by atoms with Gasteiger partial charge in [0.05, 0.1) is 0 Å². The van der Waals surface area contributed by atoms with Gasteiger partial charge in [-0.05, 0) is 24.3 Å². The van der Waals surface area contributed by atoms with Gasteiger partial charge in [0.2, 0.25) is 0 Å². The van der Waals surface area contributed by atoms with Crippen LogP contribution in [-0.2, 0) is 0 Å². The van der Waals surface area contributed by atoms with Crippen molar-refractivity contribution in [1.82, 2.24) is 5.16 Å². The molecule has 2 aromatic rings. The standard InChI is InChI=1S/C12H11N3O3S/c13-11(19)7-17-9-3-1-8(2-4-9)14-12(16)10-5-6-18-15-10/h1-6H,7H2,(H2,13,19)(H,14,16). The van der Waals surface area contributed by atoms with Crippen LogP contribution in [0.25, 0.3) is 0 Å². The molecule has 6 nitrogen and oxygen atoms in total. The average molecular weight is 277 g/mol. The van der Waals surface area contributed by atoms with Crippen LogP contribution in [0, 0.1) is 0 Å². The van der Waals surface area contributed by atoms with E-state index in [4.69, 9.17) is 22.7 Å². The fraction of sp³-hybridized carbons (Fsp3) is 0.0833. The number of nitrogens with two attached hydrogens (primary N) is 1. The summed E-state index contributed by atoms with van der Waals surface area (Å²) in [7, 11) is 0. The number of nitrogens with zero attached hydrogens (tertiary/aromatic N) is 1. The van der Waals surface area contributed by atoms with Gasteiger partial charge >= 0.3 is 0 Å². The Balaban J connectivity index is 1.95. The first-order valence-corrected chi connectivity index (χ1v) is 5.79. The quantitative estimate of drug-likeness (QED) is 0.807. The third-order valence-corrected chi connectivity index (χ3v) is 2.28. The van der Waals surface area contributed by atoms with Crippen molar-refractivity contribution in [2.45, 2.75) is 0 Å². The van der Waals surface area contributed by atoms with Gasteiger partial charge in [-0.15, -0.1) is 0 Å². The Morgan fingerprint density at radius 3 is 2.68 bits per heavy atom. The number of hydrogen-bond donors (Lipinski definition) is 2. The highest BCUT2D eigenvalue weighted by Crippen LogP contribution is 2.16. The first kappa shape index (κ1) is 13.0. The van der Waals surface area contributed by atoms with E-state index in [-0.39, 0.29) is 23.2 Å². The second-order valence-electron chi connectivity index (χ2n) is 3.62. The van der Waals surface area contributed by atoms with Crippen molar-refractivity contribution in [2.24, 2.45) is 5.73 Å². The molecule has 0 radical (unpaired) electrons. The zero-order valence-corrected chi connectivity index (χ0v) is 10.6. The van der Waals surface area contributed by atoms with E-state index in [9.17, 15) is 4.79 Å². The van der Waals surface area contributed by atoms with E-state index in [1.807, 2.05) is 0 Å². The number of carbonyl (C=O) groups excluding carboxylic acids is 1. The van der Waals surface area contributed by atoms with Crippen LogP contribution < -0.4 is 15.8 Å². The molecule has 1 aromatic carbocycles. The molecule has 0 saturated heterocycles. The molecule has 19 heavy (non-hydrogen) atoms. The van der Waals surface area contributed by atoms with Crippen LogP contribution >= 0.6 is 12.2 Å². The maximum absolute atomic E-state index is 11.7. The van der Waals surface area contributed by atoms with Crippen LogP contribution in [-0.4, -0.2) is 22.7 Å². The molecule has 0 atom stereocenters. The zero-order chi connectivity index (χ0) is 13.7. The molecule has 0 saturated carbocycles. The summed E-state index contributed by atoms with van der Waals surface area (Å²) in [5.41, 5.74) is 6.16. The van der Waals surface area contributed by atoms with Crippen molar-refractivity contribution in [3.63, 3.8) is 0 Å². The second kappa shape index (κ2) is 5.96. The largest absolute Gasteiger partial charge is 0.487 e. The Morgan fingerprint density at radius 1 is 1.37 bits per heavy atom. The number of rotatable bonds is 5. The molecule has 2 rings (SSSR count). The van der Waals surface area contributed by atoms with Crippen LogP contribution in [0.2, 0.25) is 0 Å². The SMILES string of the molecule is NC(=S)COc1ccc(NC(=O)c2ccon2)cc1. The third-order valence-electron chi connectivity index (χ3n) is 2.16. The Hall–Kier alpha value is -2.41. The number of thiocarbonyl (C=S) groups is 1. The van der Waals surface area contributed by atoms with E-state index in [1.54, 1.807) is 24.3 Å². The van der Waals surface area contributed by atoms with Gasteiger partial charge in [-0.3, -0.25) is 4.79 Å². The second-order valence-corrected chi connectivity index (χ2v) is 4.14. The highest BCUT2D eigenvalue weighted by molar-refractivity contribution is 7.80. The van der Waals surface area contributed by atoms with Crippen LogP contribution in [0.1, 0.15) is 10.5 Å². The number of amides is 1. The summed E-state index contributed by atoms with van der Waals surface area (Å²) < 4.78 is 9.89. The Labute approximate surface area is 114 Å². The van der Waals surface area contributed by atoms with E-state index in [1.165, 1.54) is 12.3 Å². The first-order chi connectivity index (χ1) is 9.15. The summed E-state index contributed by atoms with van der Waals surface area (Å²) in [4.78, 5) is 12.0. The van der Waals surface area contributed by atoms with E-state index < -0.39 is 0 Å². The van der Waals surface area contributed by atoms with Gasteiger partial charge in [-0.2, -0.15) is 0 Å². The molecule has 0 fully saturated rings. The maximum atomic E-state index is 11.7. The number of aromatic nitrogens is 1. The third kappa shape index (κ3) is 3.78. The van der Waals surface area contributed by atoms with Crippen LogP contribution in [0.3, 0.4) is 0 Å². The predicted molar refractivity (Wildman–Crippen MR) is 73.2 cm³/mol. The number of carbonyl (C=O) groups is 1. The molecule has 0 unspecified atom stereocenters. The molecule has 0 aliphatic rings.